The molecular weight excluding hydrogens is 112 g/mol. The average molecular weight is 126 g/mol. The van der Waals surface area contributed by atoms with Crippen LogP contribution in [0.4, 0.5) is 0 Å². The van der Waals surface area contributed by atoms with Gasteiger partial charge in [0.15, 0.2) is 0 Å². The summed E-state index contributed by atoms with van der Waals surface area (Å²) in [4.78, 5) is 0. The fourth-order valence-electron chi connectivity index (χ4n) is 2.21. The second-order valence-corrected chi connectivity index (χ2v) is 3.44. The van der Waals surface area contributed by atoms with Crippen molar-refractivity contribution in [3.63, 3.8) is 0 Å². The van der Waals surface area contributed by atoms with Crippen molar-refractivity contribution in [2.45, 2.75) is 32.3 Å². The Hall–Kier alpha value is -0.0400. The van der Waals surface area contributed by atoms with Gasteiger partial charge in [-0.15, -0.1) is 0 Å². The molecule has 1 nitrogen and oxygen atoms in total. The highest BCUT2D eigenvalue weighted by Crippen LogP contribution is 2.38. The van der Waals surface area contributed by atoms with Crippen molar-refractivity contribution in [2.24, 2.45) is 11.8 Å². The first-order chi connectivity index (χ1) is 4.38. The van der Waals surface area contributed by atoms with E-state index in [1.54, 1.807) is 0 Å². The van der Waals surface area contributed by atoms with Gasteiger partial charge in [0.25, 0.3) is 0 Å². The molecule has 1 saturated heterocycles. The number of hydrogen-bond acceptors (Lipinski definition) is 1. The molecule has 2 fully saturated rings. The first-order valence-electron chi connectivity index (χ1n) is 3.99. The maximum atomic E-state index is 5.59. The van der Waals surface area contributed by atoms with Crippen LogP contribution in [0.15, 0.2) is 0 Å². The van der Waals surface area contributed by atoms with E-state index in [-0.39, 0.29) is 0 Å². The molecule has 1 aliphatic carbocycles. The molecule has 0 bridgehead atoms. The zero-order valence-electron chi connectivity index (χ0n) is 5.97. The largest absolute Gasteiger partial charge is 0.378 e. The van der Waals surface area contributed by atoms with Gasteiger partial charge in [-0.25, -0.2) is 0 Å². The van der Waals surface area contributed by atoms with Gasteiger partial charge in [-0.05, 0) is 24.7 Å². The summed E-state index contributed by atoms with van der Waals surface area (Å²) in [5.74, 6) is 1.77. The predicted octanol–water partition coefficient (Wildman–Crippen LogP) is 1.82. The number of fused-ring (bicyclic) bond motifs is 1. The third-order valence-electron chi connectivity index (χ3n) is 2.81. The van der Waals surface area contributed by atoms with E-state index in [0.29, 0.717) is 6.10 Å². The van der Waals surface area contributed by atoms with Crippen molar-refractivity contribution in [1.29, 1.82) is 0 Å². The van der Waals surface area contributed by atoms with E-state index in [1.807, 2.05) is 0 Å². The SMILES string of the molecule is C[C@H]1CO[C@@H]2CCC[C@H]12. The normalized spacial score (nSPS) is 49.7. The first-order valence-corrected chi connectivity index (χ1v) is 3.99. The van der Waals surface area contributed by atoms with Gasteiger partial charge < -0.3 is 4.74 Å². The predicted molar refractivity (Wildman–Crippen MR) is 36.2 cm³/mol. The van der Waals surface area contributed by atoms with Crippen LogP contribution in [0.5, 0.6) is 0 Å². The molecule has 0 spiro atoms. The zero-order chi connectivity index (χ0) is 6.27. The number of rotatable bonds is 0. The molecular formula is C8H14O. The van der Waals surface area contributed by atoms with Crippen LogP contribution in [-0.2, 0) is 4.74 Å². The third-order valence-corrected chi connectivity index (χ3v) is 2.81. The molecule has 2 aliphatic rings. The van der Waals surface area contributed by atoms with E-state index in [0.717, 1.165) is 18.4 Å². The molecule has 0 amide bonds. The molecule has 1 heteroatoms. The van der Waals surface area contributed by atoms with E-state index in [4.69, 9.17) is 4.74 Å². The first kappa shape index (κ1) is 5.72. The number of ether oxygens (including phenoxy) is 1. The van der Waals surface area contributed by atoms with Crippen LogP contribution in [0.2, 0.25) is 0 Å². The summed E-state index contributed by atoms with van der Waals surface area (Å²) in [5, 5.41) is 0. The van der Waals surface area contributed by atoms with Gasteiger partial charge in [-0.3, -0.25) is 0 Å². The van der Waals surface area contributed by atoms with Gasteiger partial charge in [0.2, 0.25) is 0 Å². The van der Waals surface area contributed by atoms with E-state index in [2.05, 4.69) is 6.92 Å². The smallest absolute Gasteiger partial charge is 0.0606 e. The third kappa shape index (κ3) is 0.787. The van der Waals surface area contributed by atoms with E-state index < -0.39 is 0 Å². The molecule has 0 radical (unpaired) electrons. The van der Waals surface area contributed by atoms with Crippen LogP contribution >= 0.6 is 0 Å². The van der Waals surface area contributed by atoms with Crippen molar-refractivity contribution in [3.05, 3.63) is 0 Å². The van der Waals surface area contributed by atoms with E-state index in [1.165, 1.54) is 19.3 Å². The van der Waals surface area contributed by atoms with E-state index in [9.17, 15) is 0 Å². The van der Waals surface area contributed by atoms with Gasteiger partial charge in [-0.1, -0.05) is 13.3 Å². The molecule has 1 saturated carbocycles. The van der Waals surface area contributed by atoms with Crippen LogP contribution in [0.1, 0.15) is 26.2 Å². The summed E-state index contributed by atoms with van der Waals surface area (Å²) in [6.45, 7) is 3.34. The Morgan fingerprint density at radius 1 is 1.33 bits per heavy atom. The maximum Gasteiger partial charge on any atom is 0.0606 e. The molecule has 1 aliphatic heterocycles. The minimum Gasteiger partial charge on any atom is -0.378 e. The lowest BCUT2D eigenvalue weighted by Crippen LogP contribution is -2.10. The topological polar surface area (TPSA) is 9.23 Å². The van der Waals surface area contributed by atoms with Gasteiger partial charge in [0.05, 0.1) is 6.10 Å². The van der Waals surface area contributed by atoms with Crippen LogP contribution in [-0.4, -0.2) is 12.7 Å². The van der Waals surface area contributed by atoms with Crippen molar-refractivity contribution in [3.8, 4) is 0 Å². The van der Waals surface area contributed by atoms with Crippen LogP contribution in [0, 0.1) is 11.8 Å². The Morgan fingerprint density at radius 3 is 3.00 bits per heavy atom. The molecule has 0 N–H and O–H groups in total. The molecule has 0 aromatic heterocycles. The van der Waals surface area contributed by atoms with Crippen LogP contribution in [0.25, 0.3) is 0 Å². The molecule has 3 atom stereocenters. The van der Waals surface area contributed by atoms with E-state index >= 15 is 0 Å². The minimum absolute atomic E-state index is 0.653. The lowest BCUT2D eigenvalue weighted by atomic mass is 9.95. The van der Waals surface area contributed by atoms with Gasteiger partial charge in [0, 0.05) is 6.61 Å². The zero-order valence-corrected chi connectivity index (χ0v) is 5.97. The molecule has 9 heavy (non-hydrogen) atoms. The highest BCUT2D eigenvalue weighted by Gasteiger charge is 2.37. The fourth-order valence-corrected chi connectivity index (χ4v) is 2.21. The Balaban J connectivity index is 2.07. The second-order valence-electron chi connectivity index (χ2n) is 3.44. The van der Waals surface area contributed by atoms with Crippen molar-refractivity contribution < 1.29 is 4.74 Å². The monoisotopic (exact) mass is 126 g/mol. The molecule has 52 valence electrons. The van der Waals surface area contributed by atoms with Crippen molar-refractivity contribution in [1.82, 2.24) is 0 Å². The Bertz CT molecular complexity index is 111. The summed E-state index contributed by atoms with van der Waals surface area (Å²) >= 11 is 0. The van der Waals surface area contributed by atoms with Gasteiger partial charge >= 0.3 is 0 Å². The highest BCUT2D eigenvalue weighted by atomic mass is 16.5. The molecule has 0 aromatic rings. The lowest BCUT2D eigenvalue weighted by Gasteiger charge is -2.09. The summed E-state index contributed by atoms with van der Waals surface area (Å²) in [6, 6.07) is 0. The van der Waals surface area contributed by atoms with Crippen molar-refractivity contribution in [2.75, 3.05) is 6.61 Å². The molecule has 2 rings (SSSR count). The Morgan fingerprint density at radius 2 is 2.22 bits per heavy atom. The highest BCUT2D eigenvalue weighted by molar-refractivity contribution is 4.86. The van der Waals surface area contributed by atoms with Crippen LogP contribution in [0.3, 0.4) is 0 Å². The molecule has 1 heterocycles. The maximum absolute atomic E-state index is 5.59. The van der Waals surface area contributed by atoms with Gasteiger partial charge in [-0.2, -0.15) is 0 Å². The fraction of sp³-hybridized carbons (Fsp3) is 1.00. The Labute approximate surface area is 56.4 Å². The van der Waals surface area contributed by atoms with Crippen LogP contribution < -0.4 is 0 Å². The summed E-state index contributed by atoms with van der Waals surface area (Å²) in [5.41, 5.74) is 0. The summed E-state index contributed by atoms with van der Waals surface area (Å²) in [6.07, 6.45) is 4.81. The lowest BCUT2D eigenvalue weighted by molar-refractivity contribution is 0.101. The standard InChI is InChI=1S/C8H14O/c1-6-5-9-8-4-2-3-7(6)8/h6-8H,2-5H2,1H3/t6-,7+,8+/m0/s1. The minimum atomic E-state index is 0.653. The summed E-state index contributed by atoms with van der Waals surface area (Å²) in [7, 11) is 0. The average Bonchev–Trinajstić information content (AvgIpc) is 2.35. The van der Waals surface area contributed by atoms with Gasteiger partial charge in [0.1, 0.15) is 0 Å². The molecule has 0 unspecified atom stereocenters. The quantitative estimate of drug-likeness (QED) is 0.481. The van der Waals surface area contributed by atoms with Crippen molar-refractivity contribution >= 4 is 0 Å². The number of hydrogen-bond donors (Lipinski definition) is 0. The molecule has 0 aromatic carbocycles. The second kappa shape index (κ2) is 1.98. The summed E-state index contributed by atoms with van der Waals surface area (Å²) < 4.78 is 5.59. The Kier molecular flexibility index (Phi) is 1.26.